The molecule has 0 bridgehead atoms. The van der Waals surface area contributed by atoms with Crippen molar-refractivity contribution in [1.82, 2.24) is 0 Å². The van der Waals surface area contributed by atoms with Gasteiger partial charge in [-0.3, -0.25) is 9.59 Å². The van der Waals surface area contributed by atoms with Crippen molar-refractivity contribution in [3.05, 3.63) is 24.3 Å². The molecule has 1 unspecified atom stereocenters. The van der Waals surface area contributed by atoms with Crippen molar-refractivity contribution in [1.29, 1.82) is 0 Å². The largest absolute Gasteiger partial charge is 0.484 e. The summed E-state index contributed by atoms with van der Waals surface area (Å²) in [6.45, 7) is 1.57. The predicted molar refractivity (Wildman–Crippen MR) is 69.6 cm³/mol. The van der Waals surface area contributed by atoms with Crippen molar-refractivity contribution in [2.45, 2.75) is 6.92 Å². The predicted octanol–water partition coefficient (Wildman–Crippen LogP) is 1.36. The Morgan fingerprint density at radius 1 is 1.39 bits per heavy atom. The summed E-state index contributed by atoms with van der Waals surface area (Å²) in [7, 11) is 0. The Bertz CT molecular complexity index is 420. The molecule has 0 aromatic heterocycles. The molecule has 2 amide bonds. The first kappa shape index (κ1) is 14.3. The van der Waals surface area contributed by atoms with Crippen molar-refractivity contribution in [3.63, 3.8) is 0 Å². The quantitative estimate of drug-likeness (QED) is 0.766. The van der Waals surface area contributed by atoms with Crippen LogP contribution in [0, 0.1) is 5.92 Å². The number of amides is 2. The maximum atomic E-state index is 11.6. The van der Waals surface area contributed by atoms with Gasteiger partial charge in [0.25, 0.3) is 5.91 Å². The Hall–Kier alpha value is -1.75. The van der Waals surface area contributed by atoms with Crippen LogP contribution in [0.5, 0.6) is 5.75 Å². The van der Waals surface area contributed by atoms with Crippen LogP contribution in [0.1, 0.15) is 6.92 Å². The summed E-state index contributed by atoms with van der Waals surface area (Å²) in [5, 5.41) is 2.71. The van der Waals surface area contributed by atoms with Crippen LogP contribution >= 0.6 is 11.6 Å². The van der Waals surface area contributed by atoms with Crippen LogP contribution in [0.15, 0.2) is 24.3 Å². The van der Waals surface area contributed by atoms with Gasteiger partial charge in [-0.1, -0.05) is 6.92 Å². The first-order valence-electron chi connectivity index (χ1n) is 5.41. The zero-order chi connectivity index (χ0) is 13.5. The molecule has 3 N–H and O–H groups in total. The van der Waals surface area contributed by atoms with Gasteiger partial charge in [-0.25, -0.2) is 0 Å². The van der Waals surface area contributed by atoms with Crippen LogP contribution in [0.25, 0.3) is 0 Å². The van der Waals surface area contributed by atoms with E-state index < -0.39 is 5.91 Å². The van der Waals surface area contributed by atoms with Crippen LogP contribution in [0.3, 0.4) is 0 Å². The molecule has 0 aliphatic carbocycles. The van der Waals surface area contributed by atoms with Crippen LogP contribution < -0.4 is 15.8 Å². The topological polar surface area (TPSA) is 81.4 Å². The number of nitrogens with two attached hydrogens (primary N) is 1. The molecule has 1 aromatic carbocycles. The van der Waals surface area contributed by atoms with Crippen molar-refractivity contribution < 1.29 is 14.3 Å². The summed E-state index contributed by atoms with van der Waals surface area (Å²) in [6, 6.07) is 6.64. The Morgan fingerprint density at radius 2 is 2.00 bits per heavy atom. The number of hydrogen-bond donors (Lipinski definition) is 2. The summed E-state index contributed by atoms with van der Waals surface area (Å²) in [5.74, 6) is -0.153. The molecular formula is C12H15ClN2O3. The number of carbonyl (C=O) groups is 2. The van der Waals surface area contributed by atoms with Crippen LogP contribution in [0.4, 0.5) is 5.69 Å². The number of hydrogen-bond acceptors (Lipinski definition) is 3. The summed E-state index contributed by atoms with van der Waals surface area (Å²) in [5.41, 5.74) is 5.59. The molecule has 98 valence electrons. The maximum Gasteiger partial charge on any atom is 0.255 e. The maximum absolute atomic E-state index is 11.6. The second-order valence-corrected chi connectivity index (χ2v) is 4.13. The molecule has 0 fully saturated rings. The Kier molecular flexibility index (Phi) is 5.45. The van der Waals surface area contributed by atoms with E-state index in [4.69, 9.17) is 22.1 Å². The molecule has 0 heterocycles. The highest BCUT2D eigenvalue weighted by Crippen LogP contribution is 2.16. The average molecular weight is 271 g/mol. The first-order valence-corrected chi connectivity index (χ1v) is 5.94. The van der Waals surface area contributed by atoms with E-state index in [1.165, 1.54) is 0 Å². The highest BCUT2D eigenvalue weighted by atomic mass is 35.5. The smallest absolute Gasteiger partial charge is 0.255 e. The fraction of sp³-hybridized carbons (Fsp3) is 0.333. The standard InChI is InChI=1S/C12H15ClN2O3/c1-8(6-13)12(17)15-9-2-4-10(5-3-9)18-7-11(14)16/h2-5,8H,6-7H2,1H3,(H2,14,16)(H,15,17). The molecule has 5 nitrogen and oxygen atoms in total. The van der Waals surface area contributed by atoms with Crippen molar-refractivity contribution in [2.75, 3.05) is 17.8 Å². The molecule has 6 heteroatoms. The SMILES string of the molecule is CC(CCl)C(=O)Nc1ccc(OCC(N)=O)cc1. The molecule has 0 aliphatic heterocycles. The summed E-state index contributed by atoms with van der Waals surface area (Å²) in [4.78, 5) is 22.1. The Labute approximate surface area is 110 Å². The highest BCUT2D eigenvalue weighted by molar-refractivity contribution is 6.19. The van der Waals surface area contributed by atoms with Gasteiger partial charge in [0.05, 0.1) is 0 Å². The normalized spacial score (nSPS) is 11.7. The monoisotopic (exact) mass is 270 g/mol. The number of rotatable bonds is 6. The highest BCUT2D eigenvalue weighted by Gasteiger charge is 2.11. The van der Waals surface area contributed by atoms with Gasteiger partial charge < -0.3 is 15.8 Å². The Morgan fingerprint density at radius 3 is 2.50 bits per heavy atom. The third kappa shape index (κ3) is 4.63. The van der Waals surface area contributed by atoms with Crippen molar-refractivity contribution >= 4 is 29.1 Å². The van der Waals surface area contributed by atoms with Gasteiger partial charge in [0.15, 0.2) is 6.61 Å². The molecule has 0 radical (unpaired) electrons. The Balaban J connectivity index is 2.55. The lowest BCUT2D eigenvalue weighted by molar-refractivity contribution is -0.120. The fourth-order valence-electron chi connectivity index (χ4n) is 1.12. The molecule has 0 spiro atoms. The van der Waals surface area contributed by atoms with Gasteiger partial charge in [0.1, 0.15) is 5.75 Å². The number of benzene rings is 1. The van der Waals surface area contributed by atoms with Crippen molar-refractivity contribution in [2.24, 2.45) is 11.7 Å². The first-order chi connectivity index (χ1) is 8.52. The van der Waals surface area contributed by atoms with E-state index in [9.17, 15) is 9.59 Å². The third-order valence-electron chi connectivity index (χ3n) is 2.18. The van der Waals surface area contributed by atoms with E-state index in [1.54, 1.807) is 31.2 Å². The van der Waals surface area contributed by atoms with Crippen LogP contribution in [-0.2, 0) is 9.59 Å². The van der Waals surface area contributed by atoms with Gasteiger partial charge in [0.2, 0.25) is 5.91 Å². The van der Waals surface area contributed by atoms with E-state index in [2.05, 4.69) is 5.32 Å². The number of alkyl halides is 1. The van der Waals surface area contributed by atoms with E-state index in [0.717, 1.165) is 0 Å². The number of primary amides is 1. The minimum absolute atomic E-state index is 0.143. The van der Waals surface area contributed by atoms with Gasteiger partial charge in [0, 0.05) is 17.5 Å². The van der Waals surface area contributed by atoms with E-state index in [1.807, 2.05) is 0 Å². The zero-order valence-electron chi connectivity index (χ0n) is 9.98. The lowest BCUT2D eigenvalue weighted by atomic mass is 10.2. The van der Waals surface area contributed by atoms with E-state index in [0.29, 0.717) is 11.4 Å². The van der Waals surface area contributed by atoms with E-state index >= 15 is 0 Å². The lowest BCUT2D eigenvalue weighted by Gasteiger charge is -2.10. The number of anilines is 1. The van der Waals surface area contributed by atoms with Crippen LogP contribution in [-0.4, -0.2) is 24.3 Å². The van der Waals surface area contributed by atoms with Gasteiger partial charge in [-0.15, -0.1) is 11.6 Å². The molecule has 1 atom stereocenters. The molecule has 1 aromatic rings. The third-order valence-corrected chi connectivity index (χ3v) is 2.64. The number of nitrogens with one attached hydrogen (secondary N) is 1. The van der Waals surface area contributed by atoms with Gasteiger partial charge in [-0.05, 0) is 24.3 Å². The summed E-state index contributed by atoms with van der Waals surface area (Å²) < 4.78 is 5.09. The average Bonchev–Trinajstić information content (AvgIpc) is 2.36. The molecule has 0 saturated carbocycles. The second-order valence-electron chi connectivity index (χ2n) is 3.82. The van der Waals surface area contributed by atoms with E-state index in [-0.39, 0.29) is 24.3 Å². The van der Waals surface area contributed by atoms with Crippen LogP contribution in [0.2, 0.25) is 0 Å². The minimum Gasteiger partial charge on any atom is -0.484 e. The number of ether oxygens (including phenoxy) is 1. The van der Waals surface area contributed by atoms with Crippen molar-refractivity contribution in [3.8, 4) is 5.75 Å². The fourth-order valence-corrected chi connectivity index (χ4v) is 1.26. The summed E-state index contributed by atoms with van der Waals surface area (Å²) >= 11 is 5.58. The molecule has 0 aliphatic rings. The molecule has 0 saturated heterocycles. The number of halogens is 1. The minimum atomic E-state index is -0.539. The lowest BCUT2D eigenvalue weighted by Crippen LogP contribution is -2.21. The molecular weight excluding hydrogens is 256 g/mol. The summed E-state index contributed by atoms with van der Waals surface area (Å²) in [6.07, 6.45) is 0. The molecule has 18 heavy (non-hydrogen) atoms. The molecule has 1 rings (SSSR count). The second kappa shape index (κ2) is 6.86. The van der Waals surface area contributed by atoms with Gasteiger partial charge >= 0.3 is 0 Å². The number of carbonyl (C=O) groups excluding carboxylic acids is 2. The zero-order valence-corrected chi connectivity index (χ0v) is 10.7. The van der Waals surface area contributed by atoms with Gasteiger partial charge in [-0.2, -0.15) is 0 Å².